The zero-order valence-electron chi connectivity index (χ0n) is 14.8. The van der Waals surface area contributed by atoms with Gasteiger partial charge < -0.3 is 14.4 Å². The van der Waals surface area contributed by atoms with Crippen LogP contribution in [0.4, 0.5) is 0 Å². The standard InChI is InChI=1S/C19H29NO3/c1-15(21)20(14-17-5-7-18(22-4)8-6-17)11-9-16-10-12-23-19(2,3)13-16/h5-8,16H,9-14H2,1-4H3/t16-/m1/s1. The molecule has 1 aromatic rings. The first-order valence-electron chi connectivity index (χ1n) is 8.42. The van der Waals surface area contributed by atoms with Crippen LogP contribution >= 0.6 is 0 Å². The van der Waals surface area contributed by atoms with E-state index in [1.54, 1.807) is 14.0 Å². The fraction of sp³-hybridized carbons (Fsp3) is 0.632. The van der Waals surface area contributed by atoms with Gasteiger partial charge in [-0.3, -0.25) is 4.79 Å². The van der Waals surface area contributed by atoms with Crippen LogP contribution in [0.2, 0.25) is 0 Å². The molecule has 0 aromatic heterocycles. The first-order chi connectivity index (χ1) is 10.9. The number of hydrogen-bond acceptors (Lipinski definition) is 3. The van der Waals surface area contributed by atoms with Crippen molar-refractivity contribution in [3.05, 3.63) is 29.8 Å². The van der Waals surface area contributed by atoms with Crippen molar-refractivity contribution in [3.63, 3.8) is 0 Å². The summed E-state index contributed by atoms with van der Waals surface area (Å²) in [6.45, 7) is 8.25. The summed E-state index contributed by atoms with van der Waals surface area (Å²) in [6, 6.07) is 7.92. The van der Waals surface area contributed by atoms with Crippen LogP contribution in [0.3, 0.4) is 0 Å². The summed E-state index contributed by atoms with van der Waals surface area (Å²) in [4.78, 5) is 13.9. The predicted molar refractivity (Wildman–Crippen MR) is 91.5 cm³/mol. The van der Waals surface area contributed by atoms with Crippen LogP contribution in [0.15, 0.2) is 24.3 Å². The van der Waals surface area contributed by atoms with Crippen molar-refractivity contribution in [2.45, 2.75) is 52.2 Å². The van der Waals surface area contributed by atoms with Crippen molar-refractivity contribution in [1.82, 2.24) is 4.90 Å². The molecule has 0 bridgehead atoms. The van der Waals surface area contributed by atoms with Gasteiger partial charge in [0.2, 0.25) is 5.91 Å². The Hall–Kier alpha value is -1.55. The van der Waals surface area contributed by atoms with E-state index in [0.29, 0.717) is 12.5 Å². The topological polar surface area (TPSA) is 38.8 Å². The average molecular weight is 319 g/mol. The van der Waals surface area contributed by atoms with Crippen molar-refractivity contribution in [2.24, 2.45) is 5.92 Å². The minimum absolute atomic E-state index is 0.0278. The number of hydrogen-bond donors (Lipinski definition) is 0. The molecule has 1 amide bonds. The second-order valence-electron chi connectivity index (χ2n) is 7.04. The van der Waals surface area contributed by atoms with E-state index < -0.39 is 0 Å². The third kappa shape index (κ3) is 5.54. The van der Waals surface area contributed by atoms with Gasteiger partial charge in [-0.1, -0.05) is 12.1 Å². The van der Waals surface area contributed by atoms with Gasteiger partial charge in [0.05, 0.1) is 12.7 Å². The number of carbonyl (C=O) groups is 1. The molecule has 1 saturated heterocycles. The van der Waals surface area contributed by atoms with E-state index in [0.717, 1.165) is 43.7 Å². The highest BCUT2D eigenvalue weighted by Crippen LogP contribution is 2.30. The molecule has 0 unspecified atom stereocenters. The number of amides is 1. The van der Waals surface area contributed by atoms with E-state index in [2.05, 4.69) is 13.8 Å². The third-order valence-corrected chi connectivity index (χ3v) is 4.58. The van der Waals surface area contributed by atoms with Gasteiger partial charge in [-0.15, -0.1) is 0 Å². The second-order valence-corrected chi connectivity index (χ2v) is 7.04. The molecule has 4 heteroatoms. The van der Waals surface area contributed by atoms with Crippen LogP contribution in [0.5, 0.6) is 5.75 Å². The molecule has 1 aliphatic rings. The number of ether oxygens (including phenoxy) is 2. The molecule has 0 saturated carbocycles. The maximum absolute atomic E-state index is 11.9. The summed E-state index contributed by atoms with van der Waals surface area (Å²) >= 11 is 0. The molecule has 0 spiro atoms. The van der Waals surface area contributed by atoms with Crippen LogP contribution in [-0.4, -0.2) is 36.7 Å². The lowest BCUT2D eigenvalue weighted by Crippen LogP contribution is -2.36. The quantitative estimate of drug-likeness (QED) is 0.803. The summed E-state index contributed by atoms with van der Waals surface area (Å²) in [5, 5.41) is 0. The van der Waals surface area contributed by atoms with E-state index in [9.17, 15) is 4.79 Å². The number of nitrogens with zero attached hydrogens (tertiary/aromatic N) is 1. The molecule has 1 aromatic carbocycles. The fourth-order valence-corrected chi connectivity index (χ4v) is 3.24. The zero-order chi connectivity index (χ0) is 16.9. The van der Waals surface area contributed by atoms with Gasteiger partial charge in [-0.2, -0.15) is 0 Å². The molecule has 4 nitrogen and oxygen atoms in total. The van der Waals surface area contributed by atoms with Crippen LogP contribution < -0.4 is 4.74 Å². The van der Waals surface area contributed by atoms with Crippen molar-refractivity contribution in [3.8, 4) is 5.75 Å². The summed E-state index contributed by atoms with van der Waals surface area (Å²) in [6.07, 6.45) is 3.21. The van der Waals surface area contributed by atoms with Gasteiger partial charge in [0.1, 0.15) is 5.75 Å². The number of rotatable bonds is 6. The Balaban J connectivity index is 1.89. The predicted octanol–water partition coefficient (Wildman–Crippen LogP) is 3.64. The third-order valence-electron chi connectivity index (χ3n) is 4.58. The SMILES string of the molecule is COc1ccc(CN(CC[C@@H]2CCOC(C)(C)C2)C(C)=O)cc1. The fourth-order valence-electron chi connectivity index (χ4n) is 3.24. The van der Waals surface area contributed by atoms with Crippen molar-refractivity contribution < 1.29 is 14.3 Å². The van der Waals surface area contributed by atoms with Gasteiger partial charge in [0, 0.05) is 26.6 Å². The van der Waals surface area contributed by atoms with Gasteiger partial charge in [-0.05, 0) is 56.7 Å². The monoisotopic (exact) mass is 319 g/mol. The maximum Gasteiger partial charge on any atom is 0.219 e. The van der Waals surface area contributed by atoms with Gasteiger partial charge in [0.15, 0.2) is 0 Å². The van der Waals surface area contributed by atoms with E-state index in [1.807, 2.05) is 29.2 Å². The smallest absolute Gasteiger partial charge is 0.219 e. The molecule has 23 heavy (non-hydrogen) atoms. The van der Waals surface area contributed by atoms with Crippen molar-refractivity contribution >= 4 is 5.91 Å². The van der Waals surface area contributed by atoms with Crippen molar-refractivity contribution in [2.75, 3.05) is 20.3 Å². The summed E-state index contributed by atoms with van der Waals surface area (Å²) in [5.41, 5.74) is 1.10. The Labute approximate surface area is 139 Å². The first kappa shape index (κ1) is 17.8. The summed E-state index contributed by atoms with van der Waals surface area (Å²) in [5.74, 6) is 1.61. The molecular weight excluding hydrogens is 290 g/mol. The van der Waals surface area contributed by atoms with Crippen LogP contribution in [0, 0.1) is 5.92 Å². The molecule has 1 atom stereocenters. The molecule has 2 rings (SSSR count). The molecule has 1 aliphatic heterocycles. The highest BCUT2D eigenvalue weighted by atomic mass is 16.5. The van der Waals surface area contributed by atoms with E-state index >= 15 is 0 Å². The van der Waals surface area contributed by atoms with Gasteiger partial charge in [-0.25, -0.2) is 0 Å². The minimum Gasteiger partial charge on any atom is -0.497 e. The molecule has 0 radical (unpaired) electrons. The Morgan fingerprint density at radius 2 is 2.04 bits per heavy atom. The number of carbonyl (C=O) groups excluding carboxylic acids is 1. The lowest BCUT2D eigenvalue weighted by atomic mass is 9.86. The number of methoxy groups -OCH3 is 1. The maximum atomic E-state index is 11.9. The lowest BCUT2D eigenvalue weighted by molar-refractivity contribution is -0.130. The van der Waals surface area contributed by atoms with Crippen LogP contribution in [-0.2, 0) is 16.1 Å². The van der Waals surface area contributed by atoms with Crippen LogP contribution in [0.25, 0.3) is 0 Å². The lowest BCUT2D eigenvalue weighted by Gasteiger charge is -2.36. The second kappa shape index (κ2) is 7.82. The molecule has 128 valence electrons. The van der Waals surface area contributed by atoms with E-state index in [-0.39, 0.29) is 11.5 Å². The normalized spacial score (nSPS) is 20.1. The first-order valence-corrected chi connectivity index (χ1v) is 8.42. The molecule has 0 aliphatic carbocycles. The summed E-state index contributed by atoms with van der Waals surface area (Å²) < 4.78 is 11.0. The van der Waals surface area contributed by atoms with E-state index in [1.165, 1.54) is 0 Å². The molecule has 1 heterocycles. The Bertz CT molecular complexity index is 510. The highest BCUT2D eigenvalue weighted by Gasteiger charge is 2.29. The average Bonchev–Trinajstić information content (AvgIpc) is 2.51. The largest absolute Gasteiger partial charge is 0.497 e. The van der Waals surface area contributed by atoms with Crippen molar-refractivity contribution in [1.29, 1.82) is 0 Å². The molecule has 0 N–H and O–H groups in total. The van der Waals surface area contributed by atoms with Gasteiger partial charge in [0.25, 0.3) is 0 Å². The molecule has 1 fully saturated rings. The minimum atomic E-state index is -0.0278. The van der Waals surface area contributed by atoms with Gasteiger partial charge >= 0.3 is 0 Å². The highest BCUT2D eigenvalue weighted by molar-refractivity contribution is 5.73. The Kier molecular flexibility index (Phi) is 6.05. The van der Waals surface area contributed by atoms with E-state index in [4.69, 9.17) is 9.47 Å². The zero-order valence-corrected chi connectivity index (χ0v) is 14.8. The summed E-state index contributed by atoms with van der Waals surface area (Å²) in [7, 11) is 1.66. The number of benzene rings is 1. The molecular formula is C19H29NO3. The van der Waals surface area contributed by atoms with Crippen LogP contribution in [0.1, 0.15) is 45.6 Å². The Morgan fingerprint density at radius 1 is 1.35 bits per heavy atom. The Morgan fingerprint density at radius 3 is 2.61 bits per heavy atom.